The number of piperidine rings is 1. The first-order valence-electron chi connectivity index (χ1n) is 11.1. The summed E-state index contributed by atoms with van der Waals surface area (Å²) in [4.78, 5) is 2.38. The second-order valence-electron chi connectivity index (χ2n) is 8.47. The van der Waals surface area contributed by atoms with Gasteiger partial charge in [-0.3, -0.25) is 9.62 Å². The number of halogens is 2. The minimum absolute atomic E-state index is 0. The molecule has 0 unspecified atom stereocenters. The summed E-state index contributed by atoms with van der Waals surface area (Å²) in [5.74, 6) is 0.833. The zero-order valence-corrected chi connectivity index (χ0v) is 20.7. The maximum atomic E-state index is 15.8. The molecule has 1 N–H and O–H groups in total. The van der Waals surface area contributed by atoms with Crippen LogP contribution in [0, 0.1) is 6.92 Å². The van der Waals surface area contributed by atoms with Gasteiger partial charge in [0.25, 0.3) is 10.0 Å². The Hall–Kier alpha value is -2.61. The molecule has 8 heteroatoms. The SMILES string of the molecule is Cc1ccc(S(=O)(=O)Nc2cccc(C3(F)CCN(CCOc4ccccc4)CC3)c2)cc1.Cl. The van der Waals surface area contributed by atoms with E-state index in [1.165, 1.54) is 0 Å². The van der Waals surface area contributed by atoms with Gasteiger partial charge < -0.3 is 4.74 Å². The van der Waals surface area contributed by atoms with Gasteiger partial charge >= 0.3 is 0 Å². The van der Waals surface area contributed by atoms with Crippen LogP contribution < -0.4 is 9.46 Å². The third-order valence-electron chi connectivity index (χ3n) is 6.03. The first-order valence-corrected chi connectivity index (χ1v) is 12.6. The molecule has 0 atom stereocenters. The van der Waals surface area contributed by atoms with Crippen LogP contribution in [-0.4, -0.2) is 39.6 Å². The van der Waals surface area contributed by atoms with Gasteiger partial charge in [-0.15, -0.1) is 12.4 Å². The second-order valence-corrected chi connectivity index (χ2v) is 10.2. The van der Waals surface area contributed by atoms with Crippen LogP contribution in [-0.2, 0) is 15.7 Å². The van der Waals surface area contributed by atoms with Crippen molar-refractivity contribution in [2.24, 2.45) is 0 Å². The molecule has 1 aliphatic heterocycles. The van der Waals surface area contributed by atoms with Crippen LogP contribution in [0.4, 0.5) is 10.1 Å². The van der Waals surface area contributed by atoms with Gasteiger partial charge in [0.15, 0.2) is 0 Å². The standard InChI is InChI=1S/C26H29FN2O3S.ClH/c1-21-10-12-25(13-11-21)33(30,31)28-23-7-5-6-22(20-23)26(27)14-16-29(17-15-26)18-19-32-24-8-3-2-4-9-24;/h2-13,20,28H,14-19H2,1H3;1H. The Labute approximate surface area is 207 Å². The predicted octanol–water partition coefficient (Wildman–Crippen LogP) is 5.56. The average molecular weight is 505 g/mol. The van der Waals surface area contributed by atoms with E-state index in [9.17, 15) is 8.42 Å². The lowest BCUT2D eigenvalue weighted by Crippen LogP contribution is -2.41. The number of hydrogen-bond acceptors (Lipinski definition) is 4. The zero-order valence-electron chi connectivity index (χ0n) is 19.1. The van der Waals surface area contributed by atoms with Crippen LogP contribution in [0.3, 0.4) is 0 Å². The number of sulfonamides is 1. The zero-order chi connectivity index (χ0) is 23.3. The van der Waals surface area contributed by atoms with Gasteiger partial charge in [-0.05, 0) is 61.7 Å². The molecule has 3 aromatic rings. The summed E-state index contributed by atoms with van der Waals surface area (Å²) in [6.45, 7) is 4.43. The van der Waals surface area contributed by atoms with E-state index in [-0.39, 0.29) is 17.3 Å². The fraction of sp³-hybridized carbons (Fsp3) is 0.308. The molecule has 0 radical (unpaired) electrons. The highest BCUT2D eigenvalue weighted by Crippen LogP contribution is 2.38. The van der Waals surface area contributed by atoms with E-state index in [0.29, 0.717) is 43.8 Å². The van der Waals surface area contributed by atoms with E-state index in [0.717, 1.165) is 17.9 Å². The number of anilines is 1. The monoisotopic (exact) mass is 504 g/mol. The molecule has 1 aliphatic rings. The maximum absolute atomic E-state index is 15.8. The van der Waals surface area contributed by atoms with Gasteiger partial charge in [0.05, 0.1) is 4.90 Å². The first-order chi connectivity index (χ1) is 15.8. The van der Waals surface area contributed by atoms with Crippen molar-refractivity contribution >= 4 is 28.1 Å². The van der Waals surface area contributed by atoms with Crippen molar-refractivity contribution in [3.05, 3.63) is 90.0 Å². The quantitative estimate of drug-likeness (QED) is 0.436. The molecule has 0 saturated carbocycles. The van der Waals surface area contributed by atoms with Crippen molar-refractivity contribution in [3.63, 3.8) is 0 Å². The van der Waals surface area contributed by atoms with Gasteiger partial charge in [0, 0.05) is 25.3 Å². The number of benzene rings is 3. The lowest BCUT2D eigenvalue weighted by Gasteiger charge is -2.36. The summed E-state index contributed by atoms with van der Waals surface area (Å²) >= 11 is 0. The summed E-state index contributed by atoms with van der Waals surface area (Å²) in [7, 11) is -3.73. The molecule has 0 spiro atoms. The minimum atomic E-state index is -3.73. The van der Waals surface area contributed by atoms with E-state index in [1.54, 1.807) is 48.5 Å². The summed E-state index contributed by atoms with van der Waals surface area (Å²) in [6, 6.07) is 23.0. The summed E-state index contributed by atoms with van der Waals surface area (Å²) < 4.78 is 49.5. The normalized spacial score (nSPS) is 15.8. The predicted molar refractivity (Wildman–Crippen MR) is 136 cm³/mol. The van der Waals surface area contributed by atoms with Crippen molar-refractivity contribution in [3.8, 4) is 5.75 Å². The van der Waals surface area contributed by atoms with E-state index >= 15 is 4.39 Å². The minimum Gasteiger partial charge on any atom is -0.492 e. The Morgan fingerprint density at radius 2 is 1.65 bits per heavy atom. The van der Waals surface area contributed by atoms with E-state index in [2.05, 4.69) is 9.62 Å². The van der Waals surface area contributed by atoms with Crippen LogP contribution in [0.25, 0.3) is 0 Å². The molecule has 4 rings (SSSR count). The van der Waals surface area contributed by atoms with Crippen molar-refractivity contribution in [2.75, 3.05) is 31.0 Å². The fourth-order valence-corrected chi connectivity index (χ4v) is 5.07. The molecule has 0 bridgehead atoms. The first kappa shape index (κ1) is 26.0. The van der Waals surface area contributed by atoms with Gasteiger partial charge in [-0.25, -0.2) is 12.8 Å². The maximum Gasteiger partial charge on any atom is 0.261 e. The van der Waals surface area contributed by atoms with Crippen molar-refractivity contribution in [2.45, 2.75) is 30.3 Å². The molecule has 1 fully saturated rings. The largest absolute Gasteiger partial charge is 0.492 e. The number of hydrogen-bond donors (Lipinski definition) is 1. The number of para-hydroxylation sites is 1. The second kappa shape index (κ2) is 11.2. The number of nitrogens with zero attached hydrogens (tertiary/aromatic N) is 1. The smallest absolute Gasteiger partial charge is 0.261 e. The number of aryl methyl sites for hydroxylation is 1. The Morgan fingerprint density at radius 1 is 0.971 bits per heavy atom. The lowest BCUT2D eigenvalue weighted by molar-refractivity contribution is 0.0501. The number of likely N-dealkylation sites (tertiary alicyclic amines) is 1. The Balaban J connectivity index is 0.00000324. The van der Waals surface area contributed by atoms with Crippen molar-refractivity contribution < 1.29 is 17.5 Å². The van der Waals surface area contributed by atoms with Crippen molar-refractivity contribution in [1.82, 2.24) is 4.90 Å². The summed E-state index contributed by atoms with van der Waals surface area (Å²) in [5, 5.41) is 0. The van der Waals surface area contributed by atoms with Crippen LogP contribution in [0.1, 0.15) is 24.0 Å². The fourth-order valence-electron chi connectivity index (χ4n) is 4.02. The molecule has 0 aromatic heterocycles. The number of nitrogens with one attached hydrogen (secondary N) is 1. The number of alkyl halides is 1. The molecule has 34 heavy (non-hydrogen) atoms. The van der Waals surface area contributed by atoms with Gasteiger partial charge in [0.2, 0.25) is 0 Å². The highest BCUT2D eigenvalue weighted by molar-refractivity contribution is 7.92. The van der Waals surface area contributed by atoms with Crippen LogP contribution >= 0.6 is 12.4 Å². The van der Waals surface area contributed by atoms with Crippen LogP contribution in [0.2, 0.25) is 0 Å². The highest BCUT2D eigenvalue weighted by atomic mass is 35.5. The van der Waals surface area contributed by atoms with Gasteiger partial charge in [-0.1, -0.05) is 48.0 Å². The van der Waals surface area contributed by atoms with E-state index in [1.807, 2.05) is 37.3 Å². The molecule has 0 aliphatic carbocycles. The van der Waals surface area contributed by atoms with E-state index < -0.39 is 15.7 Å². The molecular formula is C26H30ClFN2O3S. The molecule has 182 valence electrons. The number of ether oxygens (including phenoxy) is 1. The Morgan fingerprint density at radius 3 is 2.32 bits per heavy atom. The average Bonchev–Trinajstić information content (AvgIpc) is 2.81. The molecule has 0 amide bonds. The van der Waals surface area contributed by atoms with Crippen LogP contribution in [0.15, 0.2) is 83.8 Å². The topological polar surface area (TPSA) is 58.6 Å². The molecular weight excluding hydrogens is 475 g/mol. The van der Waals surface area contributed by atoms with Gasteiger partial charge in [-0.2, -0.15) is 0 Å². The third kappa shape index (κ3) is 6.50. The molecule has 1 saturated heterocycles. The van der Waals surface area contributed by atoms with Gasteiger partial charge in [0.1, 0.15) is 18.0 Å². The van der Waals surface area contributed by atoms with Crippen LogP contribution in [0.5, 0.6) is 5.75 Å². The molecule has 5 nitrogen and oxygen atoms in total. The molecule has 1 heterocycles. The lowest BCUT2D eigenvalue weighted by atomic mass is 9.86. The highest BCUT2D eigenvalue weighted by Gasteiger charge is 2.36. The Bertz CT molecular complexity index is 1170. The molecule has 3 aromatic carbocycles. The summed E-state index contributed by atoms with van der Waals surface area (Å²) in [5.41, 5.74) is 0.367. The Kier molecular flexibility index (Phi) is 8.57. The third-order valence-corrected chi connectivity index (χ3v) is 7.43. The number of rotatable bonds is 8. The van der Waals surface area contributed by atoms with E-state index in [4.69, 9.17) is 4.74 Å². The van der Waals surface area contributed by atoms with Crippen molar-refractivity contribution in [1.29, 1.82) is 0 Å². The summed E-state index contributed by atoms with van der Waals surface area (Å²) in [6.07, 6.45) is 0.707.